The molecule has 0 N–H and O–H groups in total. The Morgan fingerprint density at radius 2 is 1.65 bits per heavy atom. The van der Waals surface area contributed by atoms with E-state index in [2.05, 4.69) is 5.10 Å². The van der Waals surface area contributed by atoms with Crippen LogP contribution in [0.2, 0.25) is 0 Å². The van der Waals surface area contributed by atoms with Gasteiger partial charge in [0.15, 0.2) is 0 Å². The van der Waals surface area contributed by atoms with Crippen LogP contribution in [0.4, 0.5) is 13.2 Å². The van der Waals surface area contributed by atoms with Gasteiger partial charge in [-0.25, -0.2) is 0 Å². The lowest BCUT2D eigenvalue weighted by Crippen LogP contribution is -2.05. The summed E-state index contributed by atoms with van der Waals surface area (Å²) < 4.78 is 39.1. The standard InChI is InChI=1S/C15H11F3N2/c16-15(17,18)13-7-5-11(6-8-13)9-20-10-12-3-1-2-4-14(12)19-20/h1-8,10H,9H2. The maximum Gasteiger partial charge on any atom is 0.416 e. The van der Waals surface area contributed by atoms with E-state index in [-0.39, 0.29) is 0 Å². The lowest BCUT2D eigenvalue weighted by Gasteiger charge is -2.07. The zero-order chi connectivity index (χ0) is 14.2. The van der Waals surface area contributed by atoms with Crippen molar-refractivity contribution in [2.45, 2.75) is 12.7 Å². The minimum Gasteiger partial charge on any atom is -0.267 e. The highest BCUT2D eigenvalue weighted by molar-refractivity contribution is 5.77. The topological polar surface area (TPSA) is 17.8 Å². The molecule has 0 aliphatic heterocycles. The monoisotopic (exact) mass is 276 g/mol. The Kier molecular flexibility index (Phi) is 2.97. The first kappa shape index (κ1) is 12.7. The number of halogens is 3. The fourth-order valence-electron chi connectivity index (χ4n) is 2.08. The number of hydrogen-bond donors (Lipinski definition) is 0. The van der Waals surface area contributed by atoms with E-state index in [0.29, 0.717) is 6.54 Å². The summed E-state index contributed by atoms with van der Waals surface area (Å²) in [5, 5.41) is 5.39. The fraction of sp³-hybridized carbons (Fsp3) is 0.133. The van der Waals surface area contributed by atoms with Gasteiger partial charge >= 0.3 is 6.18 Å². The Balaban J connectivity index is 1.84. The van der Waals surface area contributed by atoms with Crippen molar-refractivity contribution >= 4 is 10.9 Å². The molecule has 102 valence electrons. The smallest absolute Gasteiger partial charge is 0.267 e. The van der Waals surface area contributed by atoms with Gasteiger partial charge in [0.05, 0.1) is 17.6 Å². The molecule has 2 aromatic carbocycles. The number of rotatable bonds is 2. The van der Waals surface area contributed by atoms with Crippen molar-refractivity contribution in [3.8, 4) is 0 Å². The molecule has 0 spiro atoms. The van der Waals surface area contributed by atoms with Crippen LogP contribution in [-0.4, -0.2) is 9.78 Å². The molecule has 1 aromatic heterocycles. The lowest BCUT2D eigenvalue weighted by atomic mass is 10.1. The highest BCUT2D eigenvalue weighted by atomic mass is 19.4. The molecule has 20 heavy (non-hydrogen) atoms. The minimum atomic E-state index is -4.29. The largest absolute Gasteiger partial charge is 0.416 e. The van der Waals surface area contributed by atoms with Crippen LogP contribution in [0, 0.1) is 0 Å². The quantitative estimate of drug-likeness (QED) is 0.689. The first-order valence-electron chi connectivity index (χ1n) is 6.11. The maximum atomic E-state index is 12.5. The third kappa shape index (κ3) is 2.52. The summed E-state index contributed by atoms with van der Waals surface area (Å²) in [4.78, 5) is 0. The molecule has 0 saturated heterocycles. The normalized spacial score (nSPS) is 11.9. The molecular weight excluding hydrogens is 265 g/mol. The molecule has 5 heteroatoms. The highest BCUT2D eigenvalue weighted by Crippen LogP contribution is 2.29. The van der Waals surface area contributed by atoms with Gasteiger partial charge in [-0.2, -0.15) is 18.3 Å². The van der Waals surface area contributed by atoms with Gasteiger partial charge in [-0.1, -0.05) is 30.3 Å². The molecule has 2 nitrogen and oxygen atoms in total. The van der Waals surface area contributed by atoms with Crippen molar-refractivity contribution in [3.05, 3.63) is 65.9 Å². The molecule has 3 rings (SSSR count). The number of alkyl halides is 3. The molecule has 0 bridgehead atoms. The van der Waals surface area contributed by atoms with Crippen molar-refractivity contribution in [2.24, 2.45) is 0 Å². The van der Waals surface area contributed by atoms with E-state index in [1.54, 1.807) is 4.68 Å². The lowest BCUT2D eigenvalue weighted by molar-refractivity contribution is -0.137. The average molecular weight is 276 g/mol. The van der Waals surface area contributed by atoms with E-state index in [1.807, 2.05) is 30.5 Å². The van der Waals surface area contributed by atoms with Crippen molar-refractivity contribution in [1.82, 2.24) is 9.78 Å². The first-order valence-corrected chi connectivity index (χ1v) is 6.11. The van der Waals surface area contributed by atoms with Crippen LogP contribution in [0.25, 0.3) is 10.9 Å². The average Bonchev–Trinajstić information content (AvgIpc) is 2.80. The summed E-state index contributed by atoms with van der Waals surface area (Å²) in [7, 11) is 0. The molecule has 3 aromatic rings. The molecule has 0 amide bonds. The number of hydrogen-bond acceptors (Lipinski definition) is 1. The molecule has 0 fully saturated rings. The number of aromatic nitrogens is 2. The number of fused-ring (bicyclic) bond motifs is 1. The molecule has 0 aliphatic rings. The second-order valence-electron chi connectivity index (χ2n) is 4.58. The van der Waals surface area contributed by atoms with E-state index >= 15 is 0 Å². The Bertz CT molecular complexity index is 694. The van der Waals surface area contributed by atoms with Gasteiger partial charge < -0.3 is 0 Å². The van der Waals surface area contributed by atoms with Gasteiger partial charge in [0.2, 0.25) is 0 Å². The second-order valence-corrected chi connectivity index (χ2v) is 4.58. The SMILES string of the molecule is FC(F)(F)c1ccc(Cn2cc3ccccc3n2)cc1. The van der Waals surface area contributed by atoms with E-state index in [1.165, 1.54) is 12.1 Å². The Labute approximate surface area is 113 Å². The number of nitrogens with zero attached hydrogens (tertiary/aromatic N) is 2. The Morgan fingerprint density at radius 3 is 2.30 bits per heavy atom. The van der Waals surface area contributed by atoms with Crippen LogP contribution in [0.15, 0.2) is 54.7 Å². The molecular formula is C15H11F3N2. The van der Waals surface area contributed by atoms with Crippen LogP contribution < -0.4 is 0 Å². The van der Waals surface area contributed by atoms with Crippen LogP contribution in [0.3, 0.4) is 0 Å². The van der Waals surface area contributed by atoms with Gasteiger partial charge in [-0.15, -0.1) is 0 Å². The maximum absolute atomic E-state index is 12.5. The van der Waals surface area contributed by atoms with Gasteiger partial charge in [0.25, 0.3) is 0 Å². The van der Waals surface area contributed by atoms with Crippen LogP contribution in [0.5, 0.6) is 0 Å². The summed E-state index contributed by atoms with van der Waals surface area (Å²) in [5.74, 6) is 0. The van der Waals surface area contributed by atoms with Gasteiger partial charge in [-0.05, 0) is 23.8 Å². The fourth-order valence-corrected chi connectivity index (χ4v) is 2.08. The summed E-state index contributed by atoms with van der Waals surface area (Å²) in [5.41, 5.74) is 1.03. The zero-order valence-electron chi connectivity index (χ0n) is 10.4. The molecule has 0 saturated carbocycles. The van der Waals surface area contributed by atoms with E-state index in [4.69, 9.17) is 0 Å². The third-order valence-corrected chi connectivity index (χ3v) is 3.09. The predicted octanol–water partition coefficient (Wildman–Crippen LogP) is 4.10. The van der Waals surface area contributed by atoms with Crippen LogP contribution in [0.1, 0.15) is 11.1 Å². The first-order chi connectivity index (χ1) is 9.52. The summed E-state index contributed by atoms with van der Waals surface area (Å²) >= 11 is 0. The molecule has 0 unspecified atom stereocenters. The van der Waals surface area contributed by atoms with Gasteiger partial charge in [0, 0.05) is 11.6 Å². The van der Waals surface area contributed by atoms with Crippen molar-refractivity contribution in [3.63, 3.8) is 0 Å². The second kappa shape index (κ2) is 4.67. The zero-order valence-corrected chi connectivity index (χ0v) is 10.4. The van der Waals surface area contributed by atoms with E-state index in [0.717, 1.165) is 28.6 Å². The van der Waals surface area contributed by atoms with E-state index < -0.39 is 11.7 Å². The van der Waals surface area contributed by atoms with Crippen LogP contribution in [-0.2, 0) is 12.7 Å². The van der Waals surface area contributed by atoms with Crippen LogP contribution >= 0.6 is 0 Å². The summed E-state index contributed by atoms with van der Waals surface area (Å²) in [6.07, 6.45) is -2.41. The molecule has 0 aliphatic carbocycles. The van der Waals surface area contributed by atoms with Crippen molar-refractivity contribution in [1.29, 1.82) is 0 Å². The Hall–Kier alpha value is -2.30. The third-order valence-electron chi connectivity index (χ3n) is 3.09. The molecule has 0 radical (unpaired) electrons. The molecule has 1 heterocycles. The van der Waals surface area contributed by atoms with Crippen molar-refractivity contribution in [2.75, 3.05) is 0 Å². The number of benzene rings is 2. The van der Waals surface area contributed by atoms with Gasteiger partial charge in [0.1, 0.15) is 0 Å². The molecule has 0 atom stereocenters. The van der Waals surface area contributed by atoms with Gasteiger partial charge in [-0.3, -0.25) is 4.68 Å². The highest BCUT2D eigenvalue weighted by Gasteiger charge is 2.29. The summed E-state index contributed by atoms with van der Waals surface area (Å²) in [6.45, 7) is 0.451. The Morgan fingerprint density at radius 1 is 0.950 bits per heavy atom. The summed E-state index contributed by atoms with van der Waals surface area (Å²) in [6, 6.07) is 12.8. The van der Waals surface area contributed by atoms with Crippen molar-refractivity contribution < 1.29 is 13.2 Å². The predicted molar refractivity (Wildman–Crippen MR) is 70.3 cm³/mol. The van der Waals surface area contributed by atoms with E-state index in [9.17, 15) is 13.2 Å². The minimum absolute atomic E-state index is 0.451.